The van der Waals surface area contributed by atoms with Crippen LogP contribution in [0.2, 0.25) is 0 Å². The SMILES string of the molecule is C1#CCCC#CCC1. The van der Waals surface area contributed by atoms with E-state index in [1.165, 1.54) is 0 Å². The van der Waals surface area contributed by atoms with Gasteiger partial charge in [-0.15, -0.1) is 23.7 Å². The van der Waals surface area contributed by atoms with Gasteiger partial charge in [-0.1, -0.05) is 0 Å². The maximum absolute atomic E-state index is 3.03. The molecule has 0 amide bonds. The summed E-state index contributed by atoms with van der Waals surface area (Å²) in [5.41, 5.74) is 0. The molecule has 40 valence electrons. The third-order valence-corrected chi connectivity index (χ3v) is 1.000. The molecule has 0 aromatic carbocycles. The van der Waals surface area contributed by atoms with Gasteiger partial charge in [-0.05, 0) is 0 Å². The van der Waals surface area contributed by atoms with Crippen molar-refractivity contribution < 1.29 is 0 Å². The Hall–Kier alpha value is -0.880. The smallest absolute Gasteiger partial charge is 0.0198 e. The highest BCUT2D eigenvalue weighted by Gasteiger charge is 1.79. The molecule has 0 nitrogen and oxygen atoms in total. The molecule has 0 heteroatoms. The summed E-state index contributed by atoms with van der Waals surface area (Å²) in [5.74, 6) is 12.1. The molecule has 1 rings (SSSR count). The largest absolute Gasteiger partial charge is 0.102 e. The van der Waals surface area contributed by atoms with Crippen LogP contribution in [0.3, 0.4) is 0 Å². The second-order valence-electron chi connectivity index (χ2n) is 1.71. The van der Waals surface area contributed by atoms with Gasteiger partial charge in [0.15, 0.2) is 0 Å². The molecule has 0 fully saturated rings. The zero-order valence-electron chi connectivity index (χ0n) is 4.83. The van der Waals surface area contributed by atoms with Gasteiger partial charge < -0.3 is 0 Å². The van der Waals surface area contributed by atoms with E-state index in [1.54, 1.807) is 0 Å². The van der Waals surface area contributed by atoms with E-state index in [0.717, 1.165) is 25.7 Å². The van der Waals surface area contributed by atoms with Gasteiger partial charge >= 0.3 is 0 Å². The summed E-state index contributed by atoms with van der Waals surface area (Å²) < 4.78 is 0. The fraction of sp³-hybridized carbons (Fsp3) is 0.500. The Labute approximate surface area is 50.3 Å². The molecule has 0 N–H and O–H groups in total. The predicted molar refractivity (Wildman–Crippen MR) is 34.0 cm³/mol. The highest BCUT2D eigenvalue weighted by Crippen LogP contribution is 1.91. The molecule has 0 radical (unpaired) electrons. The summed E-state index contributed by atoms with van der Waals surface area (Å²) in [6.07, 6.45) is 3.86. The molecule has 1 aliphatic rings. The van der Waals surface area contributed by atoms with Crippen molar-refractivity contribution in [3.63, 3.8) is 0 Å². The van der Waals surface area contributed by atoms with Crippen molar-refractivity contribution in [3.05, 3.63) is 0 Å². The van der Waals surface area contributed by atoms with Crippen LogP contribution in [0.1, 0.15) is 25.7 Å². The van der Waals surface area contributed by atoms with Gasteiger partial charge in [-0.3, -0.25) is 0 Å². The van der Waals surface area contributed by atoms with Crippen LogP contribution in [0.15, 0.2) is 0 Å². The molecule has 0 aromatic rings. The van der Waals surface area contributed by atoms with E-state index in [2.05, 4.69) is 23.7 Å². The van der Waals surface area contributed by atoms with Crippen LogP contribution >= 0.6 is 0 Å². The van der Waals surface area contributed by atoms with Crippen LogP contribution in [-0.4, -0.2) is 0 Å². The van der Waals surface area contributed by atoms with Crippen molar-refractivity contribution in [2.45, 2.75) is 25.7 Å². The zero-order chi connectivity index (χ0) is 5.66. The quantitative estimate of drug-likeness (QED) is 0.409. The highest BCUT2D eigenvalue weighted by molar-refractivity contribution is 5.10. The molecule has 0 aliphatic heterocycles. The van der Waals surface area contributed by atoms with Crippen LogP contribution in [-0.2, 0) is 0 Å². The molecule has 0 atom stereocenters. The van der Waals surface area contributed by atoms with E-state index in [9.17, 15) is 0 Å². The Balaban J connectivity index is 2.40. The molecule has 0 saturated carbocycles. The molecule has 1 aliphatic carbocycles. The van der Waals surface area contributed by atoms with E-state index in [0.29, 0.717) is 0 Å². The van der Waals surface area contributed by atoms with Gasteiger partial charge in [0, 0.05) is 25.7 Å². The fourth-order valence-corrected chi connectivity index (χ4v) is 0.604. The molecule has 0 heterocycles. The molecule has 0 unspecified atom stereocenters. The lowest BCUT2D eigenvalue weighted by atomic mass is 10.2. The van der Waals surface area contributed by atoms with E-state index in [-0.39, 0.29) is 0 Å². The summed E-state index contributed by atoms with van der Waals surface area (Å²) in [7, 11) is 0. The van der Waals surface area contributed by atoms with Gasteiger partial charge in [0.25, 0.3) is 0 Å². The molecule has 8 heavy (non-hydrogen) atoms. The fourth-order valence-electron chi connectivity index (χ4n) is 0.604. The standard InChI is InChI=1S/C8H8/c1-2-4-6-8-7-5-3-1/h1-2,7-8H2. The lowest BCUT2D eigenvalue weighted by molar-refractivity contribution is 1.06. The topological polar surface area (TPSA) is 0 Å². The lowest BCUT2D eigenvalue weighted by Gasteiger charge is -1.84. The van der Waals surface area contributed by atoms with Crippen molar-refractivity contribution in [3.8, 4) is 23.7 Å². The highest BCUT2D eigenvalue weighted by atomic mass is 13.8. The Morgan fingerprint density at radius 1 is 0.500 bits per heavy atom. The third-order valence-electron chi connectivity index (χ3n) is 1.000. The monoisotopic (exact) mass is 104 g/mol. The summed E-state index contributed by atoms with van der Waals surface area (Å²) in [5, 5.41) is 0. The van der Waals surface area contributed by atoms with Crippen LogP contribution in [0.25, 0.3) is 0 Å². The first-order valence-corrected chi connectivity index (χ1v) is 2.91. The van der Waals surface area contributed by atoms with Gasteiger partial charge in [-0.2, -0.15) is 0 Å². The zero-order valence-corrected chi connectivity index (χ0v) is 4.83. The number of rotatable bonds is 0. The second kappa shape index (κ2) is 3.16. The molecule has 0 aromatic heterocycles. The summed E-state index contributed by atoms with van der Waals surface area (Å²) in [6, 6.07) is 0. The Kier molecular flexibility index (Phi) is 2.08. The maximum Gasteiger partial charge on any atom is 0.0198 e. The van der Waals surface area contributed by atoms with Gasteiger partial charge in [0.2, 0.25) is 0 Å². The first-order valence-electron chi connectivity index (χ1n) is 2.91. The maximum atomic E-state index is 3.03. The van der Waals surface area contributed by atoms with Crippen LogP contribution < -0.4 is 0 Å². The minimum Gasteiger partial charge on any atom is -0.102 e. The first kappa shape index (κ1) is 5.26. The minimum absolute atomic E-state index is 0.965. The van der Waals surface area contributed by atoms with Crippen LogP contribution in [0.5, 0.6) is 0 Å². The van der Waals surface area contributed by atoms with Crippen molar-refractivity contribution in [1.29, 1.82) is 0 Å². The third kappa shape index (κ3) is 1.71. The van der Waals surface area contributed by atoms with Gasteiger partial charge in [-0.25, -0.2) is 0 Å². The molecule has 0 saturated heterocycles. The molecular weight excluding hydrogens is 96.1 g/mol. The first-order chi connectivity index (χ1) is 4.00. The predicted octanol–water partition coefficient (Wildman–Crippen LogP) is 1.57. The van der Waals surface area contributed by atoms with Gasteiger partial charge in [0.1, 0.15) is 0 Å². The summed E-state index contributed by atoms with van der Waals surface area (Å²) in [4.78, 5) is 0. The van der Waals surface area contributed by atoms with Gasteiger partial charge in [0.05, 0.1) is 0 Å². The van der Waals surface area contributed by atoms with Crippen molar-refractivity contribution in [1.82, 2.24) is 0 Å². The van der Waals surface area contributed by atoms with E-state index in [1.807, 2.05) is 0 Å². The molecule has 0 bridgehead atoms. The average molecular weight is 104 g/mol. The Morgan fingerprint density at radius 3 is 1.00 bits per heavy atom. The normalized spacial score (nSPS) is 16.0. The van der Waals surface area contributed by atoms with Crippen molar-refractivity contribution in [2.75, 3.05) is 0 Å². The minimum atomic E-state index is 0.965. The Morgan fingerprint density at radius 2 is 0.750 bits per heavy atom. The summed E-state index contributed by atoms with van der Waals surface area (Å²) >= 11 is 0. The van der Waals surface area contributed by atoms with Crippen molar-refractivity contribution >= 4 is 0 Å². The van der Waals surface area contributed by atoms with E-state index < -0.39 is 0 Å². The summed E-state index contributed by atoms with van der Waals surface area (Å²) in [6.45, 7) is 0. The molecule has 0 spiro atoms. The number of hydrogen-bond donors (Lipinski definition) is 0. The van der Waals surface area contributed by atoms with Crippen molar-refractivity contribution in [2.24, 2.45) is 0 Å². The van der Waals surface area contributed by atoms with E-state index >= 15 is 0 Å². The van der Waals surface area contributed by atoms with Crippen LogP contribution in [0, 0.1) is 23.7 Å². The molecular formula is C8H8. The average Bonchev–Trinajstić information content (AvgIpc) is 1.62. The Bertz CT molecular complexity index is 130. The number of hydrogen-bond acceptors (Lipinski definition) is 0. The lowest BCUT2D eigenvalue weighted by Crippen LogP contribution is -1.72. The van der Waals surface area contributed by atoms with Crippen LogP contribution in [0.4, 0.5) is 0 Å². The second-order valence-corrected chi connectivity index (χ2v) is 1.71. The van der Waals surface area contributed by atoms with E-state index in [4.69, 9.17) is 0 Å².